The molecule has 0 N–H and O–H groups in total. The largest absolute Gasteiger partial charge is 0.353 e. The molecule has 0 aliphatic carbocycles. The molecule has 0 unspecified atom stereocenters. The molecule has 6 nitrogen and oxygen atoms in total. The molecule has 0 saturated carbocycles. The minimum Gasteiger partial charge on any atom is -0.353 e. The van der Waals surface area contributed by atoms with E-state index in [-0.39, 0.29) is 6.03 Å². The van der Waals surface area contributed by atoms with Crippen LogP contribution in [0.5, 0.6) is 0 Å². The number of piperazine rings is 1. The van der Waals surface area contributed by atoms with Crippen molar-refractivity contribution in [3.05, 3.63) is 41.3 Å². The van der Waals surface area contributed by atoms with Crippen LogP contribution in [0.3, 0.4) is 0 Å². The lowest BCUT2D eigenvalue weighted by Gasteiger charge is -2.36. The number of carbonyl (C=O) groups is 1. The van der Waals surface area contributed by atoms with Crippen molar-refractivity contribution < 1.29 is 4.79 Å². The predicted octanol–water partition coefficient (Wildman–Crippen LogP) is 4.84. The van der Waals surface area contributed by atoms with Gasteiger partial charge in [0.05, 0.1) is 9.90 Å². The quantitative estimate of drug-likeness (QED) is 0.565. The summed E-state index contributed by atoms with van der Waals surface area (Å²) in [7, 11) is 0. The second-order valence-corrected chi connectivity index (χ2v) is 11.1. The van der Waals surface area contributed by atoms with Gasteiger partial charge in [0, 0.05) is 62.8 Å². The number of hydrogen-bond acceptors (Lipinski definition) is 6. The highest BCUT2D eigenvalue weighted by molar-refractivity contribution is 8.01. The number of aliphatic imine (C=N–C) groups is 1. The van der Waals surface area contributed by atoms with Crippen molar-refractivity contribution in [2.75, 3.05) is 58.9 Å². The van der Waals surface area contributed by atoms with E-state index < -0.39 is 0 Å². The van der Waals surface area contributed by atoms with Crippen LogP contribution in [0.2, 0.25) is 0 Å². The molecule has 2 aromatic rings. The molecular formula is C25H33N5OS2. The van der Waals surface area contributed by atoms with Crippen molar-refractivity contribution >= 4 is 40.7 Å². The number of amidine groups is 1. The summed E-state index contributed by atoms with van der Waals surface area (Å²) in [5, 5.41) is 2.18. The van der Waals surface area contributed by atoms with Crippen LogP contribution in [0, 0.1) is 0 Å². The number of rotatable bonds is 7. The number of unbranched alkanes of at least 4 members (excludes halogenated alkanes) is 1. The normalized spacial score (nSPS) is 18.9. The Morgan fingerprint density at radius 2 is 1.67 bits per heavy atom. The van der Waals surface area contributed by atoms with E-state index in [9.17, 15) is 4.79 Å². The van der Waals surface area contributed by atoms with E-state index in [1.807, 2.05) is 32.9 Å². The molecule has 2 fully saturated rings. The first-order chi connectivity index (χ1) is 16.2. The van der Waals surface area contributed by atoms with Crippen LogP contribution in [0.4, 0.5) is 10.5 Å². The highest BCUT2D eigenvalue weighted by Crippen LogP contribution is 2.43. The van der Waals surface area contributed by atoms with Gasteiger partial charge in [0.25, 0.3) is 0 Å². The highest BCUT2D eigenvalue weighted by atomic mass is 32.2. The van der Waals surface area contributed by atoms with Gasteiger partial charge in [-0.3, -0.25) is 4.90 Å². The van der Waals surface area contributed by atoms with Crippen molar-refractivity contribution in [1.29, 1.82) is 0 Å². The Hall–Kier alpha value is -2.03. The van der Waals surface area contributed by atoms with Crippen LogP contribution in [0.15, 0.2) is 49.8 Å². The first kappa shape index (κ1) is 22.7. The summed E-state index contributed by atoms with van der Waals surface area (Å²) in [4.78, 5) is 27.9. The SMILES string of the molecule is CCCCN1CCN(CCCN2CCN(C3=Nc4ccccc4Sc4sccc43)CC2)C1=O. The van der Waals surface area contributed by atoms with Gasteiger partial charge < -0.3 is 14.7 Å². The molecule has 1 aromatic heterocycles. The lowest BCUT2D eigenvalue weighted by atomic mass is 10.2. The summed E-state index contributed by atoms with van der Waals surface area (Å²) in [6.07, 6.45) is 3.29. The van der Waals surface area contributed by atoms with E-state index in [0.717, 1.165) is 89.7 Å². The maximum Gasteiger partial charge on any atom is 0.320 e. The number of hydrogen-bond donors (Lipinski definition) is 0. The lowest BCUT2D eigenvalue weighted by Crippen LogP contribution is -2.49. The molecule has 3 aliphatic rings. The molecule has 176 valence electrons. The summed E-state index contributed by atoms with van der Waals surface area (Å²) in [5.41, 5.74) is 2.35. The van der Waals surface area contributed by atoms with Crippen molar-refractivity contribution in [1.82, 2.24) is 19.6 Å². The van der Waals surface area contributed by atoms with E-state index in [1.165, 1.54) is 14.7 Å². The average molecular weight is 484 g/mol. The Balaban J connectivity index is 1.14. The third-order valence-corrected chi connectivity index (χ3v) is 8.92. The summed E-state index contributed by atoms with van der Waals surface area (Å²) < 4.78 is 1.34. The molecule has 0 bridgehead atoms. The smallest absolute Gasteiger partial charge is 0.320 e. The zero-order chi connectivity index (χ0) is 22.6. The first-order valence-electron chi connectivity index (χ1n) is 12.2. The van der Waals surface area contributed by atoms with Gasteiger partial charge >= 0.3 is 6.03 Å². The Kier molecular flexibility index (Phi) is 7.23. The van der Waals surface area contributed by atoms with Gasteiger partial charge in [0.15, 0.2) is 0 Å². The van der Waals surface area contributed by atoms with Crippen molar-refractivity contribution in [3.8, 4) is 0 Å². The van der Waals surface area contributed by atoms with E-state index >= 15 is 0 Å². The van der Waals surface area contributed by atoms with Crippen LogP contribution in [0.1, 0.15) is 31.7 Å². The summed E-state index contributed by atoms with van der Waals surface area (Å²) in [6, 6.07) is 10.9. The van der Waals surface area contributed by atoms with Crippen LogP contribution < -0.4 is 0 Å². The third-order valence-electron chi connectivity index (χ3n) is 6.70. The Morgan fingerprint density at radius 1 is 0.909 bits per heavy atom. The van der Waals surface area contributed by atoms with E-state index in [0.29, 0.717) is 0 Å². The van der Waals surface area contributed by atoms with Crippen molar-refractivity contribution in [3.63, 3.8) is 0 Å². The van der Waals surface area contributed by atoms with Crippen LogP contribution in [-0.4, -0.2) is 90.4 Å². The number of urea groups is 1. The van der Waals surface area contributed by atoms with Gasteiger partial charge in [0.2, 0.25) is 0 Å². The maximum atomic E-state index is 12.5. The molecule has 2 amide bonds. The zero-order valence-corrected chi connectivity index (χ0v) is 21.0. The Morgan fingerprint density at radius 3 is 2.45 bits per heavy atom. The minimum absolute atomic E-state index is 0.240. The number of fused-ring (bicyclic) bond motifs is 2. The molecular weight excluding hydrogens is 450 g/mol. The van der Waals surface area contributed by atoms with Gasteiger partial charge in [-0.1, -0.05) is 37.2 Å². The fraction of sp³-hybridized carbons (Fsp3) is 0.520. The zero-order valence-electron chi connectivity index (χ0n) is 19.4. The maximum absolute atomic E-state index is 12.5. The number of carbonyl (C=O) groups excluding carboxylic acids is 1. The van der Waals surface area contributed by atoms with Crippen LogP contribution in [0.25, 0.3) is 0 Å². The van der Waals surface area contributed by atoms with Gasteiger partial charge in [-0.05, 0) is 43.0 Å². The molecule has 8 heteroatoms. The second-order valence-electron chi connectivity index (χ2n) is 8.92. The van der Waals surface area contributed by atoms with E-state index in [4.69, 9.17) is 4.99 Å². The molecule has 0 spiro atoms. The van der Waals surface area contributed by atoms with Gasteiger partial charge in [-0.25, -0.2) is 9.79 Å². The number of benzene rings is 1. The molecule has 0 atom stereocenters. The molecule has 1 aromatic carbocycles. The standard InChI is InChI=1S/C25H33N5OS2/c1-2-3-11-29-17-18-30(25(29)31)12-6-10-27-13-15-28(16-14-27)23-20-9-19-32-24(20)33-22-8-5-4-7-21(22)26-23/h4-5,7-9,19H,2-3,6,10-18H2,1H3. The Labute approximate surface area is 205 Å². The number of nitrogens with zero attached hydrogens (tertiary/aromatic N) is 5. The summed E-state index contributed by atoms with van der Waals surface area (Å²) >= 11 is 3.64. The number of thiophene rings is 1. The van der Waals surface area contributed by atoms with Crippen molar-refractivity contribution in [2.24, 2.45) is 4.99 Å². The van der Waals surface area contributed by atoms with Gasteiger partial charge in [-0.15, -0.1) is 11.3 Å². The topological polar surface area (TPSA) is 42.4 Å². The third kappa shape index (κ3) is 5.08. The Bertz CT molecular complexity index is 998. The number of para-hydroxylation sites is 1. The monoisotopic (exact) mass is 483 g/mol. The van der Waals surface area contributed by atoms with Gasteiger partial charge in [-0.2, -0.15) is 0 Å². The molecule has 2 saturated heterocycles. The van der Waals surface area contributed by atoms with E-state index in [1.54, 1.807) is 0 Å². The first-order valence-corrected chi connectivity index (χ1v) is 13.9. The summed E-state index contributed by atoms with van der Waals surface area (Å²) in [5.74, 6) is 1.12. The average Bonchev–Trinajstić information content (AvgIpc) is 3.40. The molecule has 5 rings (SSSR count). The molecule has 4 heterocycles. The second kappa shape index (κ2) is 10.5. The fourth-order valence-corrected chi connectivity index (χ4v) is 6.83. The highest BCUT2D eigenvalue weighted by Gasteiger charge is 2.28. The summed E-state index contributed by atoms with van der Waals surface area (Å²) in [6.45, 7) is 10.9. The molecule has 33 heavy (non-hydrogen) atoms. The number of amides is 2. The van der Waals surface area contributed by atoms with Crippen molar-refractivity contribution in [2.45, 2.75) is 35.3 Å². The van der Waals surface area contributed by atoms with E-state index in [2.05, 4.69) is 52.4 Å². The van der Waals surface area contributed by atoms with Crippen LogP contribution in [-0.2, 0) is 0 Å². The fourth-order valence-electron chi connectivity index (χ4n) is 4.76. The molecule has 0 radical (unpaired) electrons. The predicted molar refractivity (Wildman–Crippen MR) is 137 cm³/mol. The van der Waals surface area contributed by atoms with Gasteiger partial charge in [0.1, 0.15) is 5.84 Å². The van der Waals surface area contributed by atoms with Crippen LogP contribution >= 0.6 is 23.1 Å². The molecule has 3 aliphatic heterocycles. The minimum atomic E-state index is 0.240. The lowest BCUT2D eigenvalue weighted by molar-refractivity contribution is 0.169.